The van der Waals surface area contributed by atoms with E-state index in [1.54, 1.807) is 18.4 Å². The van der Waals surface area contributed by atoms with Crippen LogP contribution in [0.25, 0.3) is 0 Å². The second-order valence-corrected chi connectivity index (χ2v) is 7.32. The van der Waals surface area contributed by atoms with Crippen LogP contribution in [-0.2, 0) is 0 Å². The summed E-state index contributed by atoms with van der Waals surface area (Å²) in [6, 6.07) is 8.76. The zero-order valence-corrected chi connectivity index (χ0v) is 14.7. The Bertz CT molecular complexity index is 594. The van der Waals surface area contributed by atoms with Gasteiger partial charge in [-0.3, -0.25) is 0 Å². The predicted octanol–water partition coefficient (Wildman–Crippen LogP) is 4.83. The Morgan fingerprint density at radius 3 is 2.60 bits per heavy atom. The molecule has 1 N–H and O–H groups in total. The van der Waals surface area contributed by atoms with Crippen LogP contribution < -0.4 is 10.1 Å². The molecule has 20 heavy (non-hydrogen) atoms. The molecule has 0 saturated heterocycles. The minimum atomic E-state index is 0.173. The van der Waals surface area contributed by atoms with Gasteiger partial charge in [0.1, 0.15) is 5.75 Å². The fourth-order valence-electron chi connectivity index (χ4n) is 2.51. The molecule has 2 nitrogen and oxygen atoms in total. The molecule has 0 bridgehead atoms. The Hall–Kier alpha value is -0.840. The summed E-state index contributed by atoms with van der Waals surface area (Å²) < 4.78 is 6.77. The van der Waals surface area contributed by atoms with Crippen LogP contribution in [0, 0.1) is 13.8 Å². The molecule has 0 aliphatic carbocycles. The molecule has 0 amide bonds. The molecule has 2 rings (SSSR count). The number of benzene rings is 1. The first kappa shape index (κ1) is 15.5. The van der Waals surface area contributed by atoms with Crippen LogP contribution in [-0.4, -0.2) is 13.7 Å². The maximum absolute atomic E-state index is 5.62. The summed E-state index contributed by atoms with van der Waals surface area (Å²) in [6.07, 6.45) is 0. The SMILES string of the molecule is CCNC(c1ccc(Br)s1)c1c(C)cc(C)cc1OC. The molecule has 1 atom stereocenters. The van der Waals surface area contributed by atoms with Crippen LogP contribution in [0.2, 0.25) is 0 Å². The molecule has 1 unspecified atom stereocenters. The van der Waals surface area contributed by atoms with E-state index in [0.29, 0.717) is 0 Å². The van der Waals surface area contributed by atoms with E-state index in [9.17, 15) is 0 Å². The fraction of sp³-hybridized carbons (Fsp3) is 0.375. The highest BCUT2D eigenvalue weighted by Crippen LogP contribution is 2.37. The molecule has 4 heteroatoms. The third-order valence-corrected chi connectivity index (χ3v) is 4.98. The van der Waals surface area contributed by atoms with Gasteiger partial charge in [0.2, 0.25) is 0 Å². The van der Waals surface area contributed by atoms with Gasteiger partial charge in [-0.25, -0.2) is 0 Å². The number of ether oxygens (including phenoxy) is 1. The van der Waals surface area contributed by atoms with E-state index in [-0.39, 0.29) is 6.04 Å². The Morgan fingerprint density at radius 2 is 2.05 bits per heavy atom. The number of halogens is 1. The molecule has 0 aliphatic heterocycles. The Balaban J connectivity index is 2.54. The Labute approximate surface area is 133 Å². The van der Waals surface area contributed by atoms with Crippen molar-refractivity contribution in [3.05, 3.63) is 49.6 Å². The van der Waals surface area contributed by atoms with Gasteiger partial charge in [-0.1, -0.05) is 13.0 Å². The van der Waals surface area contributed by atoms with Gasteiger partial charge in [0.25, 0.3) is 0 Å². The summed E-state index contributed by atoms with van der Waals surface area (Å²) in [5.74, 6) is 0.956. The minimum absolute atomic E-state index is 0.173. The zero-order chi connectivity index (χ0) is 14.7. The minimum Gasteiger partial charge on any atom is -0.496 e. The fourth-order valence-corrected chi connectivity index (χ4v) is 4.02. The lowest BCUT2D eigenvalue weighted by Crippen LogP contribution is -2.22. The van der Waals surface area contributed by atoms with Crippen molar-refractivity contribution in [2.75, 3.05) is 13.7 Å². The molecular formula is C16H20BrNOS. The van der Waals surface area contributed by atoms with Gasteiger partial charge in [0.15, 0.2) is 0 Å². The third kappa shape index (κ3) is 3.25. The molecule has 2 aromatic rings. The second-order valence-electron chi connectivity index (χ2n) is 4.83. The van der Waals surface area contributed by atoms with Gasteiger partial charge in [0, 0.05) is 10.4 Å². The van der Waals surface area contributed by atoms with Crippen LogP contribution in [0.15, 0.2) is 28.1 Å². The maximum Gasteiger partial charge on any atom is 0.124 e. The topological polar surface area (TPSA) is 21.3 Å². The van der Waals surface area contributed by atoms with Crippen molar-refractivity contribution in [3.8, 4) is 5.75 Å². The first-order chi connectivity index (χ1) is 9.56. The summed E-state index contributed by atoms with van der Waals surface area (Å²) in [7, 11) is 1.74. The van der Waals surface area contributed by atoms with Gasteiger partial charge in [-0.2, -0.15) is 0 Å². The van der Waals surface area contributed by atoms with E-state index in [4.69, 9.17) is 4.74 Å². The first-order valence-electron chi connectivity index (χ1n) is 6.70. The van der Waals surface area contributed by atoms with Crippen LogP contribution in [0.4, 0.5) is 0 Å². The van der Waals surface area contributed by atoms with E-state index >= 15 is 0 Å². The van der Waals surface area contributed by atoms with Crippen molar-refractivity contribution in [2.45, 2.75) is 26.8 Å². The van der Waals surface area contributed by atoms with Crippen molar-refractivity contribution in [1.29, 1.82) is 0 Å². The summed E-state index contributed by atoms with van der Waals surface area (Å²) in [5, 5.41) is 3.57. The average molecular weight is 354 g/mol. The van der Waals surface area contributed by atoms with E-state index in [1.807, 2.05) is 0 Å². The van der Waals surface area contributed by atoms with E-state index in [0.717, 1.165) is 16.1 Å². The summed E-state index contributed by atoms with van der Waals surface area (Å²) in [4.78, 5) is 1.30. The number of aryl methyl sites for hydroxylation is 2. The van der Waals surface area contributed by atoms with Crippen molar-refractivity contribution in [1.82, 2.24) is 5.32 Å². The summed E-state index contributed by atoms with van der Waals surface area (Å²) >= 11 is 5.31. The molecule has 0 spiro atoms. The summed E-state index contributed by atoms with van der Waals surface area (Å²) in [5.41, 5.74) is 3.72. The molecular weight excluding hydrogens is 334 g/mol. The number of methoxy groups -OCH3 is 1. The molecule has 0 aliphatic rings. The number of nitrogens with one attached hydrogen (secondary N) is 1. The number of thiophene rings is 1. The highest BCUT2D eigenvalue weighted by atomic mass is 79.9. The lowest BCUT2D eigenvalue weighted by Gasteiger charge is -2.22. The smallest absolute Gasteiger partial charge is 0.124 e. The van der Waals surface area contributed by atoms with Gasteiger partial charge in [-0.05, 0) is 65.6 Å². The van der Waals surface area contributed by atoms with Crippen LogP contribution in [0.3, 0.4) is 0 Å². The van der Waals surface area contributed by atoms with Crippen molar-refractivity contribution in [2.24, 2.45) is 0 Å². The maximum atomic E-state index is 5.62. The molecule has 1 aromatic heterocycles. The van der Waals surface area contributed by atoms with Crippen molar-refractivity contribution in [3.63, 3.8) is 0 Å². The molecule has 0 saturated carbocycles. The van der Waals surface area contributed by atoms with Crippen LogP contribution >= 0.6 is 27.3 Å². The lowest BCUT2D eigenvalue weighted by molar-refractivity contribution is 0.403. The van der Waals surface area contributed by atoms with E-state index in [2.05, 4.69) is 66.3 Å². The van der Waals surface area contributed by atoms with Crippen LogP contribution in [0.5, 0.6) is 5.75 Å². The van der Waals surface area contributed by atoms with E-state index < -0.39 is 0 Å². The van der Waals surface area contributed by atoms with Gasteiger partial charge >= 0.3 is 0 Å². The number of hydrogen-bond acceptors (Lipinski definition) is 3. The largest absolute Gasteiger partial charge is 0.496 e. The Morgan fingerprint density at radius 1 is 1.30 bits per heavy atom. The number of hydrogen-bond donors (Lipinski definition) is 1. The first-order valence-corrected chi connectivity index (χ1v) is 8.31. The molecule has 1 heterocycles. The molecule has 0 radical (unpaired) electrons. The second kappa shape index (κ2) is 6.74. The van der Waals surface area contributed by atoms with Gasteiger partial charge in [-0.15, -0.1) is 11.3 Å². The quantitative estimate of drug-likeness (QED) is 0.830. The highest BCUT2D eigenvalue weighted by molar-refractivity contribution is 9.11. The Kier molecular flexibility index (Phi) is 5.24. The van der Waals surface area contributed by atoms with Crippen molar-refractivity contribution >= 4 is 27.3 Å². The molecule has 108 valence electrons. The molecule has 0 fully saturated rings. The van der Waals surface area contributed by atoms with Crippen molar-refractivity contribution < 1.29 is 4.74 Å². The van der Waals surface area contributed by atoms with Crippen LogP contribution in [0.1, 0.15) is 34.5 Å². The van der Waals surface area contributed by atoms with Gasteiger partial charge in [0.05, 0.1) is 16.9 Å². The predicted molar refractivity (Wildman–Crippen MR) is 90.0 cm³/mol. The van der Waals surface area contributed by atoms with Gasteiger partial charge < -0.3 is 10.1 Å². The number of rotatable bonds is 5. The normalized spacial score (nSPS) is 12.4. The lowest BCUT2D eigenvalue weighted by atomic mass is 9.96. The average Bonchev–Trinajstić information content (AvgIpc) is 2.82. The molecule has 1 aromatic carbocycles. The van der Waals surface area contributed by atoms with E-state index in [1.165, 1.54) is 21.6 Å². The zero-order valence-electron chi connectivity index (χ0n) is 12.3. The standard InChI is InChI=1S/C16H20BrNOS/c1-5-18-16(13-6-7-14(17)20-13)15-11(3)8-10(2)9-12(15)19-4/h6-9,16,18H,5H2,1-4H3. The monoisotopic (exact) mass is 353 g/mol. The third-order valence-electron chi connectivity index (χ3n) is 3.29. The highest BCUT2D eigenvalue weighted by Gasteiger charge is 2.21. The summed E-state index contributed by atoms with van der Waals surface area (Å²) in [6.45, 7) is 7.30.